The summed E-state index contributed by atoms with van der Waals surface area (Å²) in [7, 11) is 0. The molecule has 2 saturated carbocycles. The highest BCUT2D eigenvalue weighted by Gasteiger charge is 2.59. The lowest BCUT2D eigenvalue weighted by Gasteiger charge is -2.14. The molecule has 2 atom stereocenters. The minimum absolute atomic E-state index is 0.147. The molecule has 2 aliphatic rings. The van der Waals surface area contributed by atoms with Crippen LogP contribution in [-0.4, -0.2) is 5.78 Å². The van der Waals surface area contributed by atoms with Crippen molar-refractivity contribution in [3.05, 3.63) is 0 Å². The molecule has 0 N–H and O–H groups in total. The molecule has 0 heterocycles. The van der Waals surface area contributed by atoms with Crippen LogP contribution in [0.5, 0.6) is 0 Å². The number of hydrogen-bond acceptors (Lipinski definition) is 1. The number of ketones is 1. The van der Waals surface area contributed by atoms with E-state index in [4.69, 9.17) is 0 Å². The van der Waals surface area contributed by atoms with Crippen molar-refractivity contribution < 1.29 is 4.79 Å². The monoisotopic (exact) mass is 190 g/mol. The Hall–Kier alpha value is -0.770. The molecule has 2 fully saturated rings. The first-order chi connectivity index (χ1) is 6.79. The van der Waals surface area contributed by atoms with Gasteiger partial charge in [-0.05, 0) is 31.6 Å². The molecule has 0 radical (unpaired) electrons. The summed E-state index contributed by atoms with van der Waals surface area (Å²) in [5.74, 6) is 7.51. The molecule has 1 heteroatoms. The van der Waals surface area contributed by atoms with E-state index in [1.54, 1.807) is 0 Å². The Bertz CT molecular complexity index is 294. The smallest absolute Gasteiger partial charge is 0.151 e. The molecule has 0 aromatic heterocycles. The maximum absolute atomic E-state index is 11.7. The Balaban J connectivity index is 1.95. The van der Waals surface area contributed by atoms with Crippen LogP contribution < -0.4 is 0 Å². The van der Waals surface area contributed by atoms with Gasteiger partial charge in [0.1, 0.15) is 0 Å². The Morgan fingerprint density at radius 2 is 2.43 bits per heavy atom. The van der Waals surface area contributed by atoms with E-state index in [-0.39, 0.29) is 5.41 Å². The molecule has 76 valence electrons. The van der Waals surface area contributed by atoms with Crippen LogP contribution in [0.3, 0.4) is 0 Å². The highest BCUT2D eigenvalue weighted by atomic mass is 16.1. The van der Waals surface area contributed by atoms with Crippen LogP contribution in [0, 0.1) is 23.2 Å². The average molecular weight is 190 g/mol. The first-order valence-corrected chi connectivity index (χ1v) is 5.83. The standard InChI is InChI=1S/C13H18O/c1-2-3-4-5-9-13-10-11(13)7-6-8-12(13)14/h11H,2-4,6-8,10H2,1H3/t11-,13+/m1/s1. The molecular weight excluding hydrogens is 172 g/mol. The van der Waals surface area contributed by atoms with E-state index in [1.165, 1.54) is 19.3 Å². The molecule has 0 saturated heterocycles. The van der Waals surface area contributed by atoms with E-state index in [0.717, 1.165) is 25.7 Å². The van der Waals surface area contributed by atoms with Gasteiger partial charge in [0.2, 0.25) is 0 Å². The van der Waals surface area contributed by atoms with Gasteiger partial charge in [-0.1, -0.05) is 19.3 Å². The quantitative estimate of drug-likeness (QED) is 0.483. The summed E-state index contributed by atoms with van der Waals surface area (Å²) < 4.78 is 0. The summed E-state index contributed by atoms with van der Waals surface area (Å²) in [5.41, 5.74) is -0.147. The zero-order chi connectivity index (χ0) is 10.0. The molecule has 0 spiro atoms. The molecule has 0 unspecified atom stereocenters. The molecule has 2 rings (SSSR count). The first kappa shape index (κ1) is 9.77. The lowest BCUT2D eigenvalue weighted by molar-refractivity contribution is -0.123. The number of rotatable bonds is 2. The SMILES string of the molecule is CCCCC#C[C@]12C[C@H]1CCCC2=O. The third-order valence-corrected chi connectivity index (χ3v) is 3.53. The fraction of sp³-hybridized carbons (Fsp3) is 0.769. The minimum atomic E-state index is -0.147. The summed E-state index contributed by atoms with van der Waals surface area (Å²) in [5, 5.41) is 0. The van der Waals surface area contributed by atoms with Gasteiger partial charge < -0.3 is 0 Å². The van der Waals surface area contributed by atoms with E-state index in [0.29, 0.717) is 11.7 Å². The van der Waals surface area contributed by atoms with E-state index in [9.17, 15) is 4.79 Å². The molecule has 2 aliphatic carbocycles. The van der Waals surface area contributed by atoms with Crippen molar-refractivity contribution in [1.82, 2.24) is 0 Å². The van der Waals surface area contributed by atoms with Gasteiger partial charge in [0, 0.05) is 12.8 Å². The van der Waals surface area contributed by atoms with Crippen LogP contribution in [0.2, 0.25) is 0 Å². The van der Waals surface area contributed by atoms with E-state index in [1.807, 2.05) is 0 Å². The fourth-order valence-corrected chi connectivity index (χ4v) is 2.46. The zero-order valence-electron chi connectivity index (χ0n) is 8.94. The molecule has 1 nitrogen and oxygen atoms in total. The van der Waals surface area contributed by atoms with Crippen molar-refractivity contribution >= 4 is 5.78 Å². The van der Waals surface area contributed by atoms with Crippen LogP contribution in [0.1, 0.15) is 51.9 Å². The number of Topliss-reactive ketones (excluding diaryl/α,β-unsaturated/α-hetero) is 1. The van der Waals surface area contributed by atoms with Crippen LogP contribution in [0.15, 0.2) is 0 Å². The average Bonchev–Trinajstić information content (AvgIpc) is 2.89. The van der Waals surface area contributed by atoms with Crippen molar-refractivity contribution in [2.45, 2.75) is 51.9 Å². The summed E-state index contributed by atoms with van der Waals surface area (Å²) in [6.07, 6.45) is 7.50. The second-order valence-corrected chi connectivity index (χ2v) is 4.59. The van der Waals surface area contributed by atoms with Crippen molar-refractivity contribution in [2.24, 2.45) is 11.3 Å². The first-order valence-electron chi connectivity index (χ1n) is 5.83. The van der Waals surface area contributed by atoms with E-state index < -0.39 is 0 Å². The topological polar surface area (TPSA) is 17.1 Å². The van der Waals surface area contributed by atoms with Gasteiger partial charge in [0.05, 0.1) is 5.41 Å². The molecule has 0 aliphatic heterocycles. The third-order valence-electron chi connectivity index (χ3n) is 3.53. The van der Waals surface area contributed by atoms with E-state index >= 15 is 0 Å². The summed E-state index contributed by atoms with van der Waals surface area (Å²) in [6, 6.07) is 0. The molecule has 0 bridgehead atoms. The second kappa shape index (κ2) is 3.77. The maximum atomic E-state index is 11.7. The zero-order valence-corrected chi connectivity index (χ0v) is 8.94. The van der Waals surface area contributed by atoms with Crippen molar-refractivity contribution in [1.29, 1.82) is 0 Å². The van der Waals surface area contributed by atoms with Gasteiger partial charge in [0.15, 0.2) is 5.78 Å². The largest absolute Gasteiger partial charge is 0.298 e. The van der Waals surface area contributed by atoms with Crippen LogP contribution in [0.4, 0.5) is 0 Å². The minimum Gasteiger partial charge on any atom is -0.298 e. The van der Waals surface area contributed by atoms with Crippen LogP contribution in [0.25, 0.3) is 0 Å². The van der Waals surface area contributed by atoms with Crippen molar-refractivity contribution in [3.63, 3.8) is 0 Å². The van der Waals surface area contributed by atoms with Gasteiger partial charge in [-0.15, -0.1) is 5.92 Å². The molecular formula is C13H18O. The highest BCUT2D eigenvalue weighted by molar-refractivity contribution is 5.92. The van der Waals surface area contributed by atoms with Crippen LogP contribution in [-0.2, 0) is 4.79 Å². The van der Waals surface area contributed by atoms with Gasteiger partial charge in [-0.3, -0.25) is 4.79 Å². The maximum Gasteiger partial charge on any atom is 0.151 e. The number of fused-ring (bicyclic) bond motifs is 1. The van der Waals surface area contributed by atoms with E-state index in [2.05, 4.69) is 18.8 Å². The fourth-order valence-electron chi connectivity index (χ4n) is 2.46. The molecule has 14 heavy (non-hydrogen) atoms. The number of carbonyl (C=O) groups excluding carboxylic acids is 1. The van der Waals surface area contributed by atoms with Crippen molar-refractivity contribution in [3.8, 4) is 11.8 Å². The highest BCUT2D eigenvalue weighted by Crippen LogP contribution is 2.58. The van der Waals surface area contributed by atoms with Gasteiger partial charge >= 0.3 is 0 Å². The lowest BCUT2D eigenvalue weighted by atomic mass is 9.87. The number of unbranched alkanes of at least 4 members (excludes halogenated alkanes) is 2. The van der Waals surface area contributed by atoms with Crippen LogP contribution >= 0.6 is 0 Å². The predicted molar refractivity (Wildman–Crippen MR) is 56.7 cm³/mol. The Morgan fingerprint density at radius 3 is 3.14 bits per heavy atom. The van der Waals surface area contributed by atoms with Gasteiger partial charge in [-0.25, -0.2) is 0 Å². The third kappa shape index (κ3) is 1.59. The Morgan fingerprint density at radius 1 is 1.57 bits per heavy atom. The number of carbonyl (C=O) groups is 1. The molecule has 0 aromatic carbocycles. The summed E-state index contributed by atoms with van der Waals surface area (Å²) in [6.45, 7) is 2.17. The summed E-state index contributed by atoms with van der Waals surface area (Å²) in [4.78, 5) is 11.7. The Kier molecular flexibility index (Phi) is 2.63. The van der Waals surface area contributed by atoms with Gasteiger partial charge in [-0.2, -0.15) is 0 Å². The molecule has 0 aromatic rings. The second-order valence-electron chi connectivity index (χ2n) is 4.59. The lowest BCUT2D eigenvalue weighted by Crippen LogP contribution is -2.20. The molecule has 0 amide bonds. The Labute approximate surface area is 86.3 Å². The predicted octanol–water partition coefficient (Wildman–Crippen LogP) is 2.94. The van der Waals surface area contributed by atoms with Crippen molar-refractivity contribution in [2.75, 3.05) is 0 Å². The summed E-state index contributed by atoms with van der Waals surface area (Å²) >= 11 is 0. The normalized spacial score (nSPS) is 34.4. The van der Waals surface area contributed by atoms with Gasteiger partial charge in [0.25, 0.3) is 0 Å². The number of hydrogen-bond donors (Lipinski definition) is 0.